The second kappa shape index (κ2) is 5.79. The van der Waals surface area contributed by atoms with Crippen LogP contribution >= 0.6 is 11.8 Å². The molecule has 1 aromatic carbocycles. The molecule has 2 aromatic heterocycles. The van der Waals surface area contributed by atoms with Gasteiger partial charge < -0.3 is 9.47 Å². The molecule has 0 spiro atoms. The third-order valence-corrected chi connectivity index (χ3v) is 4.62. The summed E-state index contributed by atoms with van der Waals surface area (Å²) in [6.07, 6.45) is 0. The van der Waals surface area contributed by atoms with E-state index in [0.29, 0.717) is 28.0 Å². The smallest absolute Gasteiger partial charge is 0.256 e. The summed E-state index contributed by atoms with van der Waals surface area (Å²) in [5, 5.41) is 8.87. The Kier molecular flexibility index (Phi) is 3.61. The summed E-state index contributed by atoms with van der Waals surface area (Å²) < 4.78 is 12.4. The van der Waals surface area contributed by atoms with Gasteiger partial charge in [-0.25, -0.2) is 4.98 Å². The van der Waals surface area contributed by atoms with Gasteiger partial charge in [0.1, 0.15) is 0 Å². The third kappa shape index (κ3) is 2.58. The Labute approximate surface area is 142 Å². The third-order valence-electron chi connectivity index (χ3n) is 3.69. The quantitative estimate of drug-likeness (QED) is 0.532. The van der Waals surface area contributed by atoms with Crippen LogP contribution in [0, 0.1) is 13.8 Å². The van der Waals surface area contributed by atoms with E-state index in [2.05, 4.69) is 15.2 Å². The first-order valence-corrected chi connectivity index (χ1v) is 8.35. The maximum atomic E-state index is 12.4. The number of hydrogen-bond acceptors (Lipinski definition) is 7. The van der Waals surface area contributed by atoms with E-state index in [-0.39, 0.29) is 18.3 Å². The molecule has 122 valence electrons. The molecule has 8 heteroatoms. The van der Waals surface area contributed by atoms with Gasteiger partial charge in [-0.05, 0) is 38.1 Å². The largest absolute Gasteiger partial charge is 0.454 e. The predicted octanol–water partition coefficient (Wildman–Crippen LogP) is 2.44. The van der Waals surface area contributed by atoms with Gasteiger partial charge in [-0.15, -0.1) is 10.2 Å². The topological polar surface area (TPSA) is 78.6 Å². The average molecular weight is 342 g/mol. The van der Waals surface area contributed by atoms with Gasteiger partial charge in [-0.1, -0.05) is 11.8 Å². The monoisotopic (exact) mass is 342 g/mol. The molecule has 4 rings (SSSR count). The second-order valence-electron chi connectivity index (χ2n) is 5.44. The van der Waals surface area contributed by atoms with Crippen LogP contribution in [0.1, 0.15) is 21.7 Å². The Morgan fingerprint density at radius 2 is 2.04 bits per heavy atom. The van der Waals surface area contributed by atoms with Crippen LogP contribution in [0.4, 0.5) is 0 Å². The average Bonchev–Trinajstić information content (AvgIpc) is 3.18. The molecule has 0 radical (unpaired) electrons. The Morgan fingerprint density at radius 1 is 1.21 bits per heavy atom. The maximum absolute atomic E-state index is 12.4. The van der Waals surface area contributed by atoms with Crippen LogP contribution in [0.2, 0.25) is 0 Å². The van der Waals surface area contributed by atoms with E-state index in [9.17, 15) is 4.79 Å². The first kappa shape index (κ1) is 14.9. The number of Topliss-reactive ketones (excluding diaryl/α,β-unsaturated/α-hetero) is 1. The van der Waals surface area contributed by atoms with Gasteiger partial charge in [0.05, 0.1) is 5.75 Å². The molecule has 0 unspecified atom stereocenters. The zero-order chi connectivity index (χ0) is 16.7. The Balaban J connectivity index is 1.54. The number of carbonyl (C=O) groups is 1. The minimum absolute atomic E-state index is 0.00669. The zero-order valence-electron chi connectivity index (χ0n) is 13.1. The van der Waals surface area contributed by atoms with E-state index in [0.717, 1.165) is 11.4 Å². The fourth-order valence-corrected chi connectivity index (χ4v) is 3.46. The van der Waals surface area contributed by atoms with Gasteiger partial charge in [-0.2, -0.15) is 0 Å². The molecule has 0 N–H and O–H groups in total. The van der Waals surface area contributed by atoms with Gasteiger partial charge >= 0.3 is 0 Å². The van der Waals surface area contributed by atoms with Crippen molar-refractivity contribution in [2.75, 3.05) is 12.5 Å². The molecule has 24 heavy (non-hydrogen) atoms. The van der Waals surface area contributed by atoms with Crippen molar-refractivity contribution >= 4 is 23.3 Å². The van der Waals surface area contributed by atoms with Crippen LogP contribution < -0.4 is 9.47 Å². The Bertz CT molecular complexity index is 954. The molecule has 0 amide bonds. The summed E-state index contributed by atoms with van der Waals surface area (Å²) in [6.45, 7) is 4.07. The highest BCUT2D eigenvalue weighted by Gasteiger charge is 2.17. The van der Waals surface area contributed by atoms with Crippen LogP contribution in [-0.4, -0.2) is 37.9 Å². The van der Waals surface area contributed by atoms with Crippen LogP contribution in [0.3, 0.4) is 0 Å². The molecule has 7 nitrogen and oxygen atoms in total. The van der Waals surface area contributed by atoms with E-state index < -0.39 is 0 Å². The number of aromatic nitrogens is 4. The van der Waals surface area contributed by atoms with Crippen molar-refractivity contribution in [2.45, 2.75) is 19.0 Å². The fourth-order valence-electron chi connectivity index (χ4n) is 2.58. The lowest BCUT2D eigenvalue weighted by Gasteiger charge is -2.04. The molecule has 0 saturated carbocycles. The van der Waals surface area contributed by atoms with Crippen molar-refractivity contribution in [3.8, 4) is 11.5 Å². The maximum Gasteiger partial charge on any atom is 0.256 e. The first-order valence-electron chi connectivity index (χ1n) is 7.37. The summed E-state index contributed by atoms with van der Waals surface area (Å²) in [5.74, 6) is 2.07. The molecule has 0 fully saturated rings. The van der Waals surface area contributed by atoms with E-state index in [4.69, 9.17) is 9.47 Å². The number of fused-ring (bicyclic) bond motifs is 2. The highest BCUT2D eigenvalue weighted by molar-refractivity contribution is 7.99. The number of ketones is 1. The van der Waals surface area contributed by atoms with Gasteiger partial charge in [0.25, 0.3) is 5.78 Å². The van der Waals surface area contributed by atoms with Gasteiger partial charge in [0.2, 0.25) is 6.79 Å². The lowest BCUT2D eigenvalue weighted by atomic mass is 10.1. The summed E-state index contributed by atoms with van der Waals surface area (Å²) in [7, 11) is 0. The SMILES string of the molecule is Cc1cc(C)n2c(SCC(=O)c3ccc4c(c3)OCO4)nnc2n1. The number of nitrogens with zero attached hydrogens (tertiary/aromatic N) is 4. The Hall–Kier alpha value is -2.61. The van der Waals surface area contributed by atoms with Crippen molar-refractivity contribution in [3.05, 3.63) is 41.2 Å². The van der Waals surface area contributed by atoms with Crippen molar-refractivity contribution in [2.24, 2.45) is 0 Å². The normalized spacial score (nSPS) is 12.8. The van der Waals surface area contributed by atoms with Gasteiger partial charge in [0.15, 0.2) is 22.4 Å². The van der Waals surface area contributed by atoms with Gasteiger partial charge in [-0.3, -0.25) is 9.20 Å². The van der Waals surface area contributed by atoms with Crippen molar-refractivity contribution in [1.82, 2.24) is 19.6 Å². The standard InChI is InChI=1S/C16H14N4O3S/c1-9-5-10(2)20-15(17-9)18-19-16(20)24-7-12(21)11-3-4-13-14(6-11)23-8-22-13/h3-6H,7-8H2,1-2H3. The molecule has 1 aliphatic heterocycles. The molecule has 1 aliphatic rings. The number of aryl methyl sites for hydroxylation is 2. The summed E-state index contributed by atoms with van der Waals surface area (Å²) >= 11 is 1.34. The number of hydrogen-bond donors (Lipinski definition) is 0. The predicted molar refractivity (Wildman–Crippen MR) is 87.9 cm³/mol. The highest BCUT2D eigenvalue weighted by Crippen LogP contribution is 2.33. The number of carbonyl (C=O) groups excluding carboxylic acids is 1. The molecule has 3 aromatic rings. The van der Waals surface area contributed by atoms with Crippen LogP contribution in [-0.2, 0) is 0 Å². The van der Waals surface area contributed by atoms with E-state index >= 15 is 0 Å². The molecular weight excluding hydrogens is 328 g/mol. The lowest BCUT2D eigenvalue weighted by molar-refractivity contribution is 0.102. The number of ether oxygens (including phenoxy) is 2. The molecule has 3 heterocycles. The van der Waals surface area contributed by atoms with Crippen molar-refractivity contribution < 1.29 is 14.3 Å². The fraction of sp³-hybridized carbons (Fsp3) is 0.250. The molecule has 0 saturated heterocycles. The molecular formula is C16H14N4O3S. The summed E-state index contributed by atoms with van der Waals surface area (Å²) in [5.41, 5.74) is 2.46. The highest BCUT2D eigenvalue weighted by atomic mass is 32.2. The lowest BCUT2D eigenvalue weighted by Crippen LogP contribution is -2.04. The van der Waals surface area contributed by atoms with E-state index in [1.165, 1.54) is 11.8 Å². The summed E-state index contributed by atoms with van der Waals surface area (Å²) in [6, 6.07) is 7.17. The van der Waals surface area contributed by atoms with Crippen LogP contribution in [0.15, 0.2) is 29.4 Å². The minimum atomic E-state index is -0.00669. The minimum Gasteiger partial charge on any atom is -0.454 e. The molecule has 0 aliphatic carbocycles. The molecule has 0 atom stereocenters. The molecule has 0 bridgehead atoms. The van der Waals surface area contributed by atoms with Crippen molar-refractivity contribution in [1.29, 1.82) is 0 Å². The second-order valence-corrected chi connectivity index (χ2v) is 6.38. The van der Waals surface area contributed by atoms with Crippen LogP contribution in [0.5, 0.6) is 11.5 Å². The van der Waals surface area contributed by atoms with Crippen molar-refractivity contribution in [3.63, 3.8) is 0 Å². The number of benzene rings is 1. The van der Waals surface area contributed by atoms with Crippen LogP contribution in [0.25, 0.3) is 5.78 Å². The van der Waals surface area contributed by atoms with E-state index in [1.54, 1.807) is 18.2 Å². The first-order chi connectivity index (χ1) is 11.6. The summed E-state index contributed by atoms with van der Waals surface area (Å²) in [4.78, 5) is 16.8. The van der Waals surface area contributed by atoms with Gasteiger partial charge in [0, 0.05) is 17.0 Å². The zero-order valence-corrected chi connectivity index (χ0v) is 14.0. The van der Waals surface area contributed by atoms with E-state index in [1.807, 2.05) is 24.3 Å². The Morgan fingerprint density at radius 3 is 2.92 bits per heavy atom. The number of rotatable bonds is 4. The number of thioether (sulfide) groups is 1.